The summed E-state index contributed by atoms with van der Waals surface area (Å²) in [6, 6.07) is 10.3. The lowest BCUT2D eigenvalue weighted by molar-refractivity contribution is -0.0910. The van der Waals surface area contributed by atoms with Gasteiger partial charge in [0.15, 0.2) is 0 Å². The highest BCUT2D eigenvalue weighted by Gasteiger charge is 2.45. The molecule has 100 valence electrons. The van der Waals surface area contributed by atoms with Crippen molar-refractivity contribution in [2.24, 2.45) is 0 Å². The highest BCUT2D eigenvalue weighted by molar-refractivity contribution is 7.80. The molecule has 0 heterocycles. The molecule has 1 aromatic carbocycles. The molecule has 0 fully saturated rings. The van der Waals surface area contributed by atoms with Gasteiger partial charge in [-0.15, -0.1) is 0 Å². The number of likely N-dealkylation sites (N-methyl/N-ethyl adjacent to an activating group) is 1. The number of hydrogen-bond acceptors (Lipinski definition) is 2. The first-order valence-electron chi connectivity index (χ1n) is 6.12. The van der Waals surface area contributed by atoms with E-state index in [2.05, 4.69) is 37.8 Å². The van der Waals surface area contributed by atoms with Crippen LogP contribution >= 0.6 is 12.2 Å². The minimum atomic E-state index is -0.427. The average molecular weight is 265 g/mol. The molecule has 1 aromatic rings. The molecule has 0 saturated carbocycles. The van der Waals surface area contributed by atoms with Gasteiger partial charge in [0.2, 0.25) is 0 Å². The number of rotatable bonds is 4. The molecule has 0 aliphatic heterocycles. The fourth-order valence-electron chi connectivity index (χ4n) is 2.19. The lowest BCUT2D eigenvalue weighted by Crippen LogP contribution is -2.58. The fourth-order valence-corrected chi connectivity index (χ4v) is 2.42. The van der Waals surface area contributed by atoms with Crippen LogP contribution < -0.4 is 0 Å². The van der Waals surface area contributed by atoms with E-state index in [9.17, 15) is 0 Å². The van der Waals surface area contributed by atoms with Crippen molar-refractivity contribution >= 4 is 17.2 Å². The third kappa shape index (κ3) is 2.43. The normalized spacial score (nSPS) is 15.0. The van der Waals surface area contributed by atoms with Crippen LogP contribution in [0, 0.1) is 0 Å². The van der Waals surface area contributed by atoms with Crippen molar-refractivity contribution in [1.29, 1.82) is 0 Å². The van der Waals surface area contributed by atoms with Crippen LogP contribution in [0.2, 0.25) is 0 Å². The molecule has 0 aliphatic carbocycles. The molecule has 0 saturated heterocycles. The summed E-state index contributed by atoms with van der Waals surface area (Å²) < 4.78 is 5.86. The van der Waals surface area contributed by atoms with E-state index in [-0.39, 0.29) is 5.54 Å². The zero-order chi connectivity index (χ0) is 14.0. The molecule has 18 heavy (non-hydrogen) atoms. The Morgan fingerprint density at radius 3 is 2.06 bits per heavy atom. The van der Waals surface area contributed by atoms with E-state index in [4.69, 9.17) is 17.0 Å². The minimum absolute atomic E-state index is 0.241. The fraction of sp³-hybridized carbons (Fsp3) is 0.533. The van der Waals surface area contributed by atoms with Crippen molar-refractivity contribution in [3.8, 4) is 0 Å². The maximum Gasteiger partial charge on any atom is 0.112 e. The number of hydrogen-bond donors (Lipinski definition) is 0. The van der Waals surface area contributed by atoms with Crippen LogP contribution in [0.4, 0.5) is 0 Å². The van der Waals surface area contributed by atoms with Crippen molar-refractivity contribution in [3.63, 3.8) is 0 Å². The van der Waals surface area contributed by atoms with E-state index in [1.807, 2.05) is 32.2 Å². The number of nitrogens with zero attached hydrogens (tertiary/aromatic N) is 1. The second-order valence-electron chi connectivity index (χ2n) is 5.24. The van der Waals surface area contributed by atoms with Crippen molar-refractivity contribution in [2.75, 3.05) is 14.2 Å². The first-order valence-corrected chi connectivity index (χ1v) is 6.53. The summed E-state index contributed by atoms with van der Waals surface area (Å²) in [4.78, 5) is 2.96. The molecular weight excluding hydrogens is 242 g/mol. The molecule has 0 N–H and O–H groups in total. The second-order valence-corrected chi connectivity index (χ2v) is 5.83. The summed E-state index contributed by atoms with van der Waals surface area (Å²) in [7, 11) is 3.77. The molecule has 0 radical (unpaired) electrons. The maximum atomic E-state index is 5.86. The molecule has 0 bridgehead atoms. The highest BCUT2D eigenvalue weighted by Crippen LogP contribution is 2.39. The lowest BCUT2D eigenvalue weighted by atomic mass is 9.77. The molecule has 2 nitrogen and oxygen atoms in total. The first-order chi connectivity index (χ1) is 8.27. The smallest absolute Gasteiger partial charge is 0.112 e. The molecule has 0 aliphatic rings. The number of benzene rings is 1. The predicted molar refractivity (Wildman–Crippen MR) is 80.9 cm³/mol. The van der Waals surface area contributed by atoms with Crippen LogP contribution in [0.25, 0.3) is 0 Å². The molecule has 1 atom stereocenters. The van der Waals surface area contributed by atoms with Crippen LogP contribution in [-0.2, 0) is 10.3 Å². The molecule has 0 aromatic heterocycles. The van der Waals surface area contributed by atoms with Gasteiger partial charge in [0.25, 0.3) is 0 Å². The van der Waals surface area contributed by atoms with E-state index in [1.54, 1.807) is 7.11 Å². The Balaban J connectivity index is 3.27. The predicted octanol–water partition coefficient (Wildman–Crippen LogP) is 3.61. The van der Waals surface area contributed by atoms with Crippen molar-refractivity contribution < 1.29 is 4.74 Å². The highest BCUT2D eigenvalue weighted by atomic mass is 32.1. The molecular formula is C15H23NOS. The number of thiocarbonyl (C=S) groups is 1. The van der Waals surface area contributed by atoms with Gasteiger partial charge in [-0.05, 0) is 33.3 Å². The minimum Gasteiger partial charge on any atom is -0.371 e. The third-order valence-electron chi connectivity index (χ3n) is 4.21. The first kappa shape index (κ1) is 15.1. The van der Waals surface area contributed by atoms with Gasteiger partial charge in [-0.2, -0.15) is 0 Å². The molecule has 0 spiro atoms. The largest absolute Gasteiger partial charge is 0.371 e. The van der Waals surface area contributed by atoms with E-state index >= 15 is 0 Å². The van der Waals surface area contributed by atoms with Gasteiger partial charge >= 0.3 is 0 Å². The summed E-state index contributed by atoms with van der Waals surface area (Å²) in [6.07, 6.45) is 0. The van der Waals surface area contributed by atoms with Crippen LogP contribution in [0.1, 0.15) is 33.3 Å². The zero-order valence-electron chi connectivity index (χ0n) is 12.2. The quantitative estimate of drug-likeness (QED) is 0.772. The van der Waals surface area contributed by atoms with Gasteiger partial charge in [-0.3, -0.25) is 0 Å². The maximum absolute atomic E-state index is 5.86. The lowest BCUT2D eigenvalue weighted by Gasteiger charge is -2.49. The molecule has 0 amide bonds. The van der Waals surface area contributed by atoms with Gasteiger partial charge in [-0.1, -0.05) is 42.5 Å². The van der Waals surface area contributed by atoms with Crippen LogP contribution in [0.3, 0.4) is 0 Å². The Labute approximate surface area is 116 Å². The Kier molecular flexibility index (Phi) is 4.51. The van der Waals surface area contributed by atoms with Crippen molar-refractivity contribution in [2.45, 2.75) is 38.8 Å². The third-order valence-corrected chi connectivity index (χ3v) is 4.49. The van der Waals surface area contributed by atoms with Gasteiger partial charge in [0.1, 0.15) is 5.60 Å². The SMILES string of the molecule is COC(C)(c1ccccc1)C(C)(C)N(C)C(C)=S. The summed E-state index contributed by atoms with van der Waals surface area (Å²) in [6.45, 7) is 8.36. The van der Waals surface area contributed by atoms with Gasteiger partial charge in [0.05, 0.1) is 10.5 Å². The van der Waals surface area contributed by atoms with E-state index in [1.165, 1.54) is 0 Å². The van der Waals surface area contributed by atoms with Gasteiger partial charge in [0, 0.05) is 14.2 Å². The van der Waals surface area contributed by atoms with Crippen molar-refractivity contribution in [1.82, 2.24) is 4.90 Å². The van der Waals surface area contributed by atoms with Gasteiger partial charge in [-0.25, -0.2) is 0 Å². The summed E-state index contributed by atoms with van der Waals surface area (Å²) in [5, 5.41) is 0. The van der Waals surface area contributed by atoms with E-state index in [0.717, 1.165) is 10.6 Å². The van der Waals surface area contributed by atoms with Crippen LogP contribution in [0.5, 0.6) is 0 Å². The molecule has 1 unspecified atom stereocenters. The van der Waals surface area contributed by atoms with E-state index < -0.39 is 5.60 Å². The molecule has 3 heteroatoms. The molecule has 1 rings (SSSR count). The Bertz CT molecular complexity index is 416. The van der Waals surface area contributed by atoms with Crippen LogP contribution in [0.15, 0.2) is 30.3 Å². The summed E-state index contributed by atoms with van der Waals surface area (Å²) in [5.74, 6) is 0. The van der Waals surface area contributed by atoms with E-state index in [0.29, 0.717) is 0 Å². The Morgan fingerprint density at radius 1 is 1.17 bits per heavy atom. The van der Waals surface area contributed by atoms with Gasteiger partial charge < -0.3 is 9.64 Å². The number of methoxy groups -OCH3 is 1. The Hall–Kier alpha value is -0.930. The average Bonchev–Trinajstić information content (AvgIpc) is 2.37. The Morgan fingerprint density at radius 2 is 1.67 bits per heavy atom. The van der Waals surface area contributed by atoms with Crippen molar-refractivity contribution in [3.05, 3.63) is 35.9 Å². The second kappa shape index (κ2) is 5.37. The zero-order valence-corrected chi connectivity index (χ0v) is 13.0. The number of ether oxygens (including phenoxy) is 1. The monoisotopic (exact) mass is 265 g/mol. The standard InChI is InChI=1S/C15H23NOS/c1-12(18)16(5)14(2,3)15(4,17-6)13-10-8-7-9-11-13/h7-11H,1-6H3. The summed E-state index contributed by atoms with van der Waals surface area (Å²) in [5.41, 5.74) is 0.485. The topological polar surface area (TPSA) is 12.5 Å². The van der Waals surface area contributed by atoms with Crippen LogP contribution in [-0.4, -0.2) is 29.6 Å². The summed E-state index contributed by atoms with van der Waals surface area (Å²) >= 11 is 5.30.